The summed E-state index contributed by atoms with van der Waals surface area (Å²) in [5.41, 5.74) is 0. The van der Waals surface area contributed by atoms with Crippen molar-refractivity contribution in [1.29, 1.82) is 0 Å². The number of hydrogen-bond donors (Lipinski definition) is 1. The quantitative estimate of drug-likeness (QED) is 0.861. The van der Waals surface area contributed by atoms with Gasteiger partial charge in [-0.2, -0.15) is 4.72 Å². The molecular formula is C8H7Cl2NO4S2. The maximum Gasteiger partial charge on any atom is 0.324 e. The molecule has 1 fully saturated rings. The number of carbonyl (C=O) groups is 1. The minimum atomic E-state index is -3.84. The van der Waals surface area contributed by atoms with E-state index in [1.54, 1.807) is 0 Å². The van der Waals surface area contributed by atoms with Crippen molar-refractivity contribution in [3.05, 3.63) is 14.7 Å². The van der Waals surface area contributed by atoms with Crippen molar-refractivity contribution in [2.24, 2.45) is 0 Å². The summed E-state index contributed by atoms with van der Waals surface area (Å²) in [5.74, 6) is -0.578. The summed E-state index contributed by atoms with van der Waals surface area (Å²) in [6.45, 7) is 0.212. The third-order valence-corrected chi connectivity index (χ3v) is 5.37. The average molecular weight is 316 g/mol. The minimum absolute atomic E-state index is 0.0638. The largest absolute Gasteiger partial charge is 0.464 e. The number of cyclic esters (lactones) is 1. The van der Waals surface area contributed by atoms with Crippen molar-refractivity contribution in [2.75, 3.05) is 6.61 Å². The highest BCUT2D eigenvalue weighted by Crippen LogP contribution is 2.34. The summed E-state index contributed by atoms with van der Waals surface area (Å²) in [6, 6.07) is 0.395. The van der Waals surface area contributed by atoms with Crippen molar-refractivity contribution in [1.82, 2.24) is 4.72 Å². The Morgan fingerprint density at radius 3 is 2.65 bits per heavy atom. The number of nitrogens with one attached hydrogen (secondary N) is 1. The minimum Gasteiger partial charge on any atom is -0.464 e. The van der Waals surface area contributed by atoms with Crippen LogP contribution in [0, 0.1) is 0 Å². The number of sulfonamides is 1. The Balaban J connectivity index is 2.25. The molecule has 1 aliphatic rings. The standard InChI is InChI=1S/C8H7Cl2NO4S2/c9-6-3-5(7(10)16-6)17(13,14)11-4-1-2-15-8(4)12/h3-4,11H,1-2H2. The van der Waals surface area contributed by atoms with Gasteiger partial charge >= 0.3 is 5.97 Å². The van der Waals surface area contributed by atoms with Gasteiger partial charge in [0.15, 0.2) is 0 Å². The summed E-state index contributed by atoms with van der Waals surface area (Å²) < 4.78 is 31.1. The number of carbonyl (C=O) groups excluding carboxylic acids is 1. The van der Waals surface area contributed by atoms with E-state index in [4.69, 9.17) is 23.2 Å². The van der Waals surface area contributed by atoms with Crippen LogP contribution in [0.4, 0.5) is 0 Å². The molecule has 0 spiro atoms. The van der Waals surface area contributed by atoms with Crippen LogP contribution in [0.15, 0.2) is 11.0 Å². The van der Waals surface area contributed by atoms with Crippen LogP contribution >= 0.6 is 34.5 Å². The second-order valence-electron chi connectivity index (χ2n) is 3.32. The molecule has 94 valence electrons. The Morgan fingerprint density at radius 1 is 1.47 bits per heavy atom. The van der Waals surface area contributed by atoms with Crippen LogP contribution < -0.4 is 4.72 Å². The summed E-state index contributed by atoms with van der Waals surface area (Å²) in [5, 5.41) is 0. The van der Waals surface area contributed by atoms with Crippen LogP contribution in [-0.4, -0.2) is 27.0 Å². The lowest BCUT2D eigenvalue weighted by atomic mass is 10.3. The molecule has 1 aliphatic heterocycles. The zero-order valence-corrected chi connectivity index (χ0v) is 11.4. The lowest BCUT2D eigenvalue weighted by molar-refractivity contribution is -0.139. The van der Waals surface area contributed by atoms with Crippen molar-refractivity contribution in [2.45, 2.75) is 17.4 Å². The van der Waals surface area contributed by atoms with E-state index in [9.17, 15) is 13.2 Å². The van der Waals surface area contributed by atoms with Gasteiger partial charge in [0.2, 0.25) is 10.0 Å². The first-order chi connectivity index (χ1) is 7.90. The van der Waals surface area contributed by atoms with Crippen molar-refractivity contribution >= 4 is 50.5 Å². The van der Waals surface area contributed by atoms with Gasteiger partial charge in [0.25, 0.3) is 0 Å². The SMILES string of the molecule is O=C1OCCC1NS(=O)(=O)c1cc(Cl)sc1Cl. The van der Waals surface area contributed by atoms with Gasteiger partial charge in [0.1, 0.15) is 15.3 Å². The Morgan fingerprint density at radius 2 is 2.18 bits per heavy atom. The maximum atomic E-state index is 11.9. The predicted molar refractivity (Wildman–Crippen MR) is 64.0 cm³/mol. The lowest BCUT2D eigenvalue weighted by Crippen LogP contribution is -2.37. The van der Waals surface area contributed by atoms with Crippen LogP contribution in [0.3, 0.4) is 0 Å². The second-order valence-corrected chi connectivity index (χ2v) is 7.29. The summed E-state index contributed by atoms with van der Waals surface area (Å²) in [7, 11) is -3.84. The van der Waals surface area contributed by atoms with Gasteiger partial charge in [-0.25, -0.2) is 8.42 Å². The molecule has 2 rings (SSSR count). The monoisotopic (exact) mass is 315 g/mol. The van der Waals surface area contributed by atoms with E-state index in [1.807, 2.05) is 0 Å². The molecule has 0 radical (unpaired) electrons. The van der Waals surface area contributed by atoms with E-state index in [-0.39, 0.29) is 20.2 Å². The second kappa shape index (κ2) is 4.74. The molecule has 0 bridgehead atoms. The molecule has 1 aromatic heterocycles. The smallest absolute Gasteiger partial charge is 0.324 e. The van der Waals surface area contributed by atoms with Gasteiger partial charge in [-0.1, -0.05) is 23.2 Å². The van der Waals surface area contributed by atoms with Gasteiger partial charge in [0, 0.05) is 6.42 Å². The van der Waals surface area contributed by atoms with Gasteiger partial charge in [-0.3, -0.25) is 4.79 Å². The first-order valence-corrected chi connectivity index (χ1v) is 7.59. The molecule has 1 atom stereocenters. The van der Waals surface area contributed by atoms with E-state index in [2.05, 4.69) is 9.46 Å². The number of hydrogen-bond acceptors (Lipinski definition) is 5. The fraction of sp³-hybridized carbons (Fsp3) is 0.375. The molecule has 0 amide bonds. The topological polar surface area (TPSA) is 72.5 Å². The molecule has 5 nitrogen and oxygen atoms in total. The van der Waals surface area contributed by atoms with Crippen LogP contribution in [0.25, 0.3) is 0 Å². The average Bonchev–Trinajstić information content (AvgIpc) is 2.74. The Labute approximate surface area is 112 Å². The fourth-order valence-corrected chi connectivity index (χ4v) is 4.73. The van der Waals surface area contributed by atoms with Gasteiger partial charge in [-0.15, -0.1) is 11.3 Å². The molecule has 17 heavy (non-hydrogen) atoms. The van der Waals surface area contributed by atoms with Crippen molar-refractivity contribution < 1.29 is 17.9 Å². The molecular weight excluding hydrogens is 309 g/mol. The van der Waals surface area contributed by atoms with Crippen LogP contribution in [-0.2, 0) is 19.6 Å². The van der Waals surface area contributed by atoms with Gasteiger partial charge in [0.05, 0.1) is 10.9 Å². The number of thiophene rings is 1. The Hall–Kier alpha value is -0.340. The van der Waals surface area contributed by atoms with Crippen LogP contribution in [0.1, 0.15) is 6.42 Å². The van der Waals surface area contributed by atoms with Crippen LogP contribution in [0.2, 0.25) is 8.67 Å². The van der Waals surface area contributed by atoms with Gasteiger partial charge in [-0.05, 0) is 6.07 Å². The first kappa shape index (κ1) is 13.1. The molecule has 1 saturated heterocycles. The van der Waals surface area contributed by atoms with E-state index in [0.717, 1.165) is 11.3 Å². The third-order valence-electron chi connectivity index (χ3n) is 2.15. The number of halogens is 2. The van der Waals surface area contributed by atoms with E-state index >= 15 is 0 Å². The summed E-state index contributed by atoms with van der Waals surface area (Å²) in [4.78, 5) is 11.1. The van der Waals surface area contributed by atoms with Crippen molar-refractivity contribution in [3.8, 4) is 0 Å². The molecule has 2 heterocycles. The summed E-state index contributed by atoms with van der Waals surface area (Å²) in [6.07, 6.45) is 0.313. The first-order valence-electron chi connectivity index (χ1n) is 4.54. The normalized spacial score (nSPS) is 20.6. The van der Waals surface area contributed by atoms with E-state index in [0.29, 0.717) is 6.42 Å². The number of esters is 1. The van der Waals surface area contributed by atoms with Crippen molar-refractivity contribution in [3.63, 3.8) is 0 Å². The Kier molecular flexibility index (Phi) is 3.65. The van der Waals surface area contributed by atoms with E-state index in [1.165, 1.54) is 6.07 Å². The van der Waals surface area contributed by atoms with Gasteiger partial charge < -0.3 is 4.74 Å². The fourth-order valence-electron chi connectivity index (χ4n) is 1.36. The maximum absolute atomic E-state index is 11.9. The molecule has 0 aliphatic carbocycles. The Bertz CT molecular complexity index is 554. The molecule has 9 heteroatoms. The number of ether oxygens (including phenoxy) is 1. The number of rotatable bonds is 3. The highest BCUT2D eigenvalue weighted by Gasteiger charge is 2.32. The predicted octanol–water partition coefficient (Wildman–Crippen LogP) is 1.65. The zero-order valence-electron chi connectivity index (χ0n) is 8.27. The molecule has 1 unspecified atom stereocenters. The highest BCUT2D eigenvalue weighted by molar-refractivity contribution is 7.89. The third kappa shape index (κ3) is 2.74. The molecule has 1 N–H and O–H groups in total. The highest BCUT2D eigenvalue weighted by atomic mass is 35.5. The van der Waals surface area contributed by atoms with E-state index < -0.39 is 22.0 Å². The molecule has 0 aromatic carbocycles. The molecule has 1 aromatic rings. The summed E-state index contributed by atoms with van der Waals surface area (Å²) >= 11 is 12.4. The molecule has 0 saturated carbocycles. The zero-order chi connectivity index (χ0) is 12.6. The van der Waals surface area contributed by atoms with Crippen LogP contribution in [0.5, 0.6) is 0 Å². The lowest BCUT2D eigenvalue weighted by Gasteiger charge is -2.08.